The van der Waals surface area contributed by atoms with Crippen molar-refractivity contribution >= 4 is 12.2 Å². The van der Waals surface area contributed by atoms with E-state index in [0.29, 0.717) is 4.77 Å². The Labute approximate surface area is 116 Å². The molecule has 0 atom stereocenters. The van der Waals surface area contributed by atoms with Gasteiger partial charge in [-0.15, -0.1) is 0 Å². The molecule has 0 aliphatic heterocycles. The first-order chi connectivity index (χ1) is 9.27. The van der Waals surface area contributed by atoms with Crippen LogP contribution in [0.5, 0.6) is 5.88 Å². The highest BCUT2D eigenvalue weighted by Crippen LogP contribution is 2.22. The van der Waals surface area contributed by atoms with Crippen LogP contribution in [-0.4, -0.2) is 14.2 Å². The van der Waals surface area contributed by atoms with E-state index in [-0.39, 0.29) is 5.88 Å². The number of para-hydroxylation sites is 2. The van der Waals surface area contributed by atoms with E-state index < -0.39 is 0 Å². The van der Waals surface area contributed by atoms with Crippen molar-refractivity contribution in [3.8, 4) is 17.3 Å². The summed E-state index contributed by atoms with van der Waals surface area (Å²) in [6, 6.07) is 19.3. The van der Waals surface area contributed by atoms with Crippen molar-refractivity contribution in [3.63, 3.8) is 0 Å². The van der Waals surface area contributed by atoms with Gasteiger partial charge in [-0.3, -0.25) is 9.13 Å². The van der Waals surface area contributed by atoms with Crippen molar-refractivity contribution in [2.45, 2.75) is 0 Å². The lowest BCUT2D eigenvalue weighted by molar-refractivity contribution is 0.442. The van der Waals surface area contributed by atoms with Gasteiger partial charge in [-0.25, -0.2) is 0 Å². The Bertz CT molecular complexity index is 745. The maximum absolute atomic E-state index is 10.1. The minimum Gasteiger partial charge on any atom is -0.493 e. The molecular formula is C15H12N2OS. The normalized spacial score (nSPS) is 10.5. The second-order valence-corrected chi connectivity index (χ2v) is 4.51. The number of benzene rings is 2. The highest BCUT2D eigenvalue weighted by atomic mass is 32.1. The molecule has 1 heterocycles. The van der Waals surface area contributed by atoms with Gasteiger partial charge in [0, 0.05) is 5.69 Å². The third-order valence-corrected chi connectivity index (χ3v) is 3.30. The second-order valence-electron chi connectivity index (χ2n) is 4.15. The van der Waals surface area contributed by atoms with Crippen molar-refractivity contribution in [2.24, 2.45) is 0 Å². The van der Waals surface area contributed by atoms with Gasteiger partial charge in [0.2, 0.25) is 5.88 Å². The molecular weight excluding hydrogens is 256 g/mol. The highest BCUT2D eigenvalue weighted by molar-refractivity contribution is 7.71. The maximum Gasteiger partial charge on any atom is 0.215 e. The summed E-state index contributed by atoms with van der Waals surface area (Å²) < 4.78 is 3.97. The Morgan fingerprint density at radius 1 is 0.789 bits per heavy atom. The van der Waals surface area contributed by atoms with Gasteiger partial charge < -0.3 is 5.11 Å². The minimum absolute atomic E-state index is 0.125. The quantitative estimate of drug-likeness (QED) is 0.718. The third-order valence-electron chi connectivity index (χ3n) is 2.92. The Balaban J connectivity index is 2.20. The van der Waals surface area contributed by atoms with E-state index in [1.807, 2.05) is 60.7 Å². The molecule has 0 saturated carbocycles. The molecule has 0 unspecified atom stereocenters. The zero-order chi connectivity index (χ0) is 13.2. The minimum atomic E-state index is 0.125. The van der Waals surface area contributed by atoms with Gasteiger partial charge in [0.15, 0.2) is 4.77 Å². The molecule has 3 rings (SSSR count). The molecule has 3 nitrogen and oxygen atoms in total. The SMILES string of the molecule is Oc1cn(-c2ccccc2)c(=S)n1-c1ccccc1. The summed E-state index contributed by atoms with van der Waals surface area (Å²) in [5.74, 6) is 0.125. The third kappa shape index (κ3) is 2.06. The van der Waals surface area contributed by atoms with Crippen molar-refractivity contribution in [1.82, 2.24) is 9.13 Å². The Kier molecular flexibility index (Phi) is 2.93. The lowest BCUT2D eigenvalue weighted by atomic mass is 10.3. The maximum atomic E-state index is 10.1. The molecule has 19 heavy (non-hydrogen) atoms. The number of hydrogen-bond acceptors (Lipinski definition) is 2. The molecule has 0 amide bonds. The predicted octanol–water partition coefficient (Wildman–Crippen LogP) is 3.70. The average molecular weight is 268 g/mol. The van der Waals surface area contributed by atoms with Crippen LogP contribution in [0.25, 0.3) is 11.4 Å². The van der Waals surface area contributed by atoms with Gasteiger partial charge in [0.1, 0.15) is 0 Å². The molecule has 1 aromatic heterocycles. The van der Waals surface area contributed by atoms with Gasteiger partial charge in [0.25, 0.3) is 0 Å². The van der Waals surface area contributed by atoms with E-state index in [4.69, 9.17) is 12.2 Å². The second kappa shape index (κ2) is 4.74. The number of imidazole rings is 1. The van der Waals surface area contributed by atoms with E-state index in [0.717, 1.165) is 11.4 Å². The summed E-state index contributed by atoms with van der Waals surface area (Å²) in [6.45, 7) is 0. The van der Waals surface area contributed by atoms with Crippen LogP contribution in [0.15, 0.2) is 66.9 Å². The first-order valence-corrected chi connectivity index (χ1v) is 6.32. The molecule has 0 fully saturated rings. The Morgan fingerprint density at radius 2 is 1.32 bits per heavy atom. The van der Waals surface area contributed by atoms with Crippen LogP contribution in [-0.2, 0) is 0 Å². The summed E-state index contributed by atoms with van der Waals surface area (Å²) in [5, 5.41) is 10.1. The molecule has 94 valence electrons. The predicted molar refractivity (Wildman–Crippen MR) is 77.6 cm³/mol. The van der Waals surface area contributed by atoms with Crippen LogP contribution in [0.2, 0.25) is 0 Å². The van der Waals surface area contributed by atoms with Crippen LogP contribution in [0.1, 0.15) is 0 Å². The topological polar surface area (TPSA) is 30.1 Å². The summed E-state index contributed by atoms with van der Waals surface area (Å²) in [6.07, 6.45) is 1.63. The van der Waals surface area contributed by atoms with Crippen LogP contribution in [0.4, 0.5) is 0 Å². The number of aromatic hydroxyl groups is 1. The monoisotopic (exact) mass is 268 g/mol. The fourth-order valence-corrected chi connectivity index (χ4v) is 2.38. The number of rotatable bonds is 2. The first-order valence-electron chi connectivity index (χ1n) is 5.91. The molecule has 0 spiro atoms. The smallest absolute Gasteiger partial charge is 0.215 e. The van der Waals surface area contributed by atoms with E-state index in [1.54, 1.807) is 15.3 Å². The first kappa shape index (κ1) is 11.7. The molecule has 0 radical (unpaired) electrons. The summed E-state index contributed by atoms with van der Waals surface area (Å²) in [5.41, 5.74) is 1.78. The zero-order valence-corrected chi connectivity index (χ0v) is 10.9. The van der Waals surface area contributed by atoms with Crippen LogP contribution in [0.3, 0.4) is 0 Å². The van der Waals surface area contributed by atoms with Crippen LogP contribution >= 0.6 is 12.2 Å². The van der Waals surface area contributed by atoms with Crippen molar-refractivity contribution in [2.75, 3.05) is 0 Å². The molecule has 3 aromatic rings. The lowest BCUT2D eigenvalue weighted by Crippen LogP contribution is -1.97. The molecule has 0 saturated heterocycles. The van der Waals surface area contributed by atoms with E-state index in [2.05, 4.69) is 0 Å². The lowest BCUT2D eigenvalue weighted by Gasteiger charge is -2.04. The van der Waals surface area contributed by atoms with Crippen LogP contribution < -0.4 is 0 Å². The highest BCUT2D eigenvalue weighted by Gasteiger charge is 2.09. The van der Waals surface area contributed by atoms with Crippen LogP contribution in [0, 0.1) is 4.77 Å². The zero-order valence-electron chi connectivity index (χ0n) is 10.1. The molecule has 0 aliphatic carbocycles. The van der Waals surface area contributed by atoms with Crippen molar-refractivity contribution in [3.05, 3.63) is 71.6 Å². The molecule has 4 heteroatoms. The standard InChI is InChI=1S/C15H12N2OS/c18-14-11-16(12-7-3-1-4-8-12)15(19)17(14)13-9-5-2-6-10-13/h1-11,18H. The Hall–Kier alpha value is -2.33. The van der Waals surface area contributed by atoms with Gasteiger partial charge >= 0.3 is 0 Å². The molecule has 0 bridgehead atoms. The summed E-state index contributed by atoms with van der Waals surface area (Å²) in [4.78, 5) is 0. The van der Waals surface area contributed by atoms with Gasteiger partial charge in [-0.05, 0) is 36.5 Å². The number of aromatic nitrogens is 2. The largest absolute Gasteiger partial charge is 0.493 e. The number of hydrogen-bond donors (Lipinski definition) is 1. The molecule has 2 aromatic carbocycles. The van der Waals surface area contributed by atoms with Gasteiger partial charge in [-0.2, -0.15) is 0 Å². The fraction of sp³-hybridized carbons (Fsp3) is 0. The van der Waals surface area contributed by atoms with Crippen molar-refractivity contribution in [1.29, 1.82) is 0 Å². The molecule has 1 N–H and O–H groups in total. The van der Waals surface area contributed by atoms with E-state index >= 15 is 0 Å². The van der Waals surface area contributed by atoms with Crippen molar-refractivity contribution < 1.29 is 5.11 Å². The van der Waals surface area contributed by atoms with E-state index in [1.165, 1.54) is 0 Å². The Morgan fingerprint density at radius 3 is 1.89 bits per heavy atom. The summed E-state index contributed by atoms with van der Waals surface area (Å²) in [7, 11) is 0. The summed E-state index contributed by atoms with van der Waals surface area (Å²) >= 11 is 5.44. The molecule has 0 aliphatic rings. The van der Waals surface area contributed by atoms with Gasteiger partial charge in [0.05, 0.1) is 11.9 Å². The fourth-order valence-electron chi connectivity index (χ4n) is 2.03. The van der Waals surface area contributed by atoms with Gasteiger partial charge in [-0.1, -0.05) is 36.4 Å². The average Bonchev–Trinajstić information content (AvgIpc) is 2.76. The number of nitrogens with zero attached hydrogens (tertiary/aromatic N) is 2. The van der Waals surface area contributed by atoms with E-state index in [9.17, 15) is 5.11 Å².